The molecule has 0 aromatic carbocycles. The number of hydrogen-bond donors (Lipinski definition) is 2. The number of carbonyl (C=O) groups is 1. The van der Waals surface area contributed by atoms with E-state index in [1.165, 1.54) is 0 Å². The van der Waals surface area contributed by atoms with E-state index in [0.717, 1.165) is 19.3 Å². The first-order chi connectivity index (χ1) is 8.08. The fraction of sp³-hybridized carbons (Fsp3) is 0.667. The Morgan fingerprint density at radius 1 is 1.59 bits per heavy atom. The zero-order chi connectivity index (χ0) is 12.4. The lowest BCUT2D eigenvalue weighted by molar-refractivity contribution is -0.122. The van der Waals surface area contributed by atoms with Gasteiger partial charge in [0.25, 0.3) is 0 Å². The summed E-state index contributed by atoms with van der Waals surface area (Å²) in [5.41, 5.74) is 0.697. The first-order valence-corrected chi connectivity index (χ1v) is 6.11. The van der Waals surface area contributed by atoms with Gasteiger partial charge in [-0.25, -0.2) is 0 Å². The molecule has 2 atom stereocenters. The number of amides is 1. The molecule has 1 heterocycles. The molecule has 1 aliphatic carbocycles. The molecule has 5 heteroatoms. The van der Waals surface area contributed by atoms with E-state index in [9.17, 15) is 9.90 Å². The molecule has 1 aromatic heterocycles. The van der Waals surface area contributed by atoms with Gasteiger partial charge < -0.3 is 10.4 Å². The molecular formula is C12H19N3O2. The minimum absolute atomic E-state index is 0.0988. The minimum atomic E-state index is -0.491. The second-order valence-corrected chi connectivity index (χ2v) is 4.90. The predicted octanol–water partition coefficient (Wildman–Crippen LogP) is 1.56. The zero-order valence-corrected chi connectivity index (χ0v) is 10.3. The van der Waals surface area contributed by atoms with E-state index in [1.807, 2.05) is 20.0 Å². The Labute approximate surface area is 101 Å². The standard InChI is InChI=1S/C12H19N3O2/c1-8(2)15-7-9(6-13-15)14-12(17)10-4-3-5-11(10)16/h6-8,10-11,16H,3-5H2,1-2H3,(H,14,17). The van der Waals surface area contributed by atoms with Gasteiger partial charge in [0.1, 0.15) is 0 Å². The Morgan fingerprint density at radius 3 is 2.88 bits per heavy atom. The normalized spacial score (nSPS) is 24.2. The summed E-state index contributed by atoms with van der Waals surface area (Å²) in [6.45, 7) is 4.05. The Hall–Kier alpha value is -1.36. The summed E-state index contributed by atoms with van der Waals surface area (Å²) in [5, 5.41) is 16.6. The first kappa shape index (κ1) is 12.1. The fourth-order valence-corrected chi connectivity index (χ4v) is 2.17. The number of nitrogens with one attached hydrogen (secondary N) is 1. The van der Waals surface area contributed by atoms with Gasteiger partial charge in [-0.3, -0.25) is 9.48 Å². The number of nitrogens with zero attached hydrogens (tertiary/aromatic N) is 2. The van der Waals surface area contributed by atoms with Gasteiger partial charge in [-0.1, -0.05) is 0 Å². The third-order valence-electron chi connectivity index (χ3n) is 3.21. The van der Waals surface area contributed by atoms with Crippen LogP contribution in [0.25, 0.3) is 0 Å². The van der Waals surface area contributed by atoms with E-state index in [-0.39, 0.29) is 17.9 Å². The monoisotopic (exact) mass is 237 g/mol. The smallest absolute Gasteiger partial charge is 0.230 e. The third kappa shape index (κ3) is 2.66. The highest BCUT2D eigenvalue weighted by Crippen LogP contribution is 2.26. The molecule has 5 nitrogen and oxygen atoms in total. The van der Waals surface area contributed by atoms with Crippen LogP contribution in [0.4, 0.5) is 5.69 Å². The van der Waals surface area contributed by atoms with Crippen molar-refractivity contribution >= 4 is 11.6 Å². The quantitative estimate of drug-likeness (QED) is 0.838. The third-order valence-corrected chi connectivity index (χ3v) is 3.21. The lowest BCUT2D eigenvalue weighted by Crippen LogP contribution is -2.28. The molecule has 2 unspecified atom stereocenters. The Kier molecular flexibility index (Phi) is 3.47. The van der Waals surface area contributed by atoms with E-state index < -0.39 is 6.10 Å². The van der Waals surface area contributed by atoms with Gasteiger partial charge in [0.15, 0.2) is 0 Å². The van der Waals surface area contributed by atoms with Crippen molar-refractivity contribution in [3.8, 4) is 0 Å². The van der Waals surface area contributed by atoms with E-state index >= 15 is 0 Å². The molecule has 94 valence electrons. The molecule has 0 bridgehead atoms. The SMILES string of the molecule is CC(C)n1cc(NC(=O)C2CCCC2O)cn1. The van der Waals surface area contributed by atoms with Crippen molar-refractivity contribution in [2.75, 3.05) is 5.32 Å². The van der Waals surface area contributed by atoms with Crippen molar-refractivity contribution in [3.63, 3.8) is 0 Å². The lowest BCUT2D eigenvalue weighted by atomic mass is 10.1. The van der Waals surface area contributed by atoms with Gasteiger partial charge in [-0.2, -0.15) is 5.10 Å². The maximum absolute atomic E-state index is 11.9. The molecule has 2 N–H and O–H groups in total. The molecule has 2 rings (SSSR count). The molecule has 0 saturated heterocycles. The molecule has 1 amide bonds. The van der Waals surface area contributed by atoms with Crippen LogP contribution in [0.3, 0.4) is 0 Å². The van der Waals surface area contributed by atoms with E-state index in [2.05, 4.69) is 10.4 Å². The number of carbonyl (C=O) groups excluding carboxylic acids is 1. The van der Waals surface area contributed by atoms with E-state index in [4.69, 9.17) is 0 Å². The molecule has 0 spiro atoms. The second kappa shape index (κ2) is 4.87. The number of aliphatic hydroxyl groups excluding tert-OH is 1. The molecule has 1 aromatic rings. The summed E-state index contributed by atoms with van der Waals surface area (Å²) in [5.74, 6) is -0.365. The van der Waals surface area contributed by atoms with Crippen LogP contribution >= 0.6 is 0 Å². The highest BCUT2D eigenvalue weighted by molar-refractivity contribution is 5.92. The molecule has 1 aliphatic rings. The van der Waals surface area contributed by atoms with E-state index in [1.54, 1.807) is 10.9 Å². The second-order valence-electron chi connectivity index (χ2n) is 4.90. The van der Waals surface area contributed by atoms with Crippen LogP contribution in [0.15, 0.2) is 12.4 Å². The van der Waals surface area contributed by atoms with Gasteiger partial charge >= 0.3 is 0 Å². The molecule has 0 radical (unpaired) electrons. The van der Waals surface area contributed by atoms with Crippen molar-refractivity contribution in [1.29, 1.82) is 0 Å². The Bertz CT molecular complexity index is 400. The number of aliphatic hydroxyl groups is 1. The van der Waals surface area contributed by atoms with Gasteiger partial charge in [-0.05, 0) is 33.1 Å². The average molecular weight is 237 g/mol. The summed E-state index contributed by atoms with van der Waals surface area (Å²) in [6, 6.07) is 0.276. The predicted molar refractivity (Wildman–Crippen MR) is 64.6 cm³/mol. The lowest BCUT2D eigenvalue weighted by Gasteiger charge is -2.13. The highest BCUT2D eigenvalue weighted by Gasteiger charge is 2.31. The van der Waals surface area contributed by atoms with Crippen LogP contribution in [-0.4, -0.2) is 26.9 Å². The largest absolute Gasteiger partial charge is 0.392 e. The molecule has 1 fully saturated rings. The van der Waals surface area contributed by atoms with Crippen molar-refractivity contribution in [2.45, 2.75) is 45.3 Å². The summed E-state index contributed by atoms with van der Waals surface area (Å²) >= 11 is 0. The topological polar surface area (TPSA) is 67.2 Å². The number of hydrogen-bond acceptors (Lipinski definition) is 3. The Morgan fingerprint density at radius 2 is 2.35 bits per heavy atom. The highest BCUT2D eigenvalue weighted by atomic mass is 16.3. The van der Waals surface area contributed by atoms with Crippen LogP contribution in [0.5, 0.6) is 0 Å². The van der Waals surface area contributed by atoms with Crippen LogP contribution < -0.4 is 5.32 Å². The average Bonchev–Trinajstić information content (AvgIpc) is 2.86. The Balaban J connectivity index is 1.97. The molecule has 17 heavy (non-hydrogen) atoms. The van der Waals surface area contributed by atoms with Crippen LogP contribution in [-0.2, 0) is 4.79 Å². The maximum atomic E-state index is 11.9. The summed E-state index contributed by atoms with van der Waals surface area (Å²) in [7, 11) is 0. The van der Waals surface area contributed by atoms with Crippen molar-refractivity contribution in [2.24, 2.45) is 5.92 Å². The van der Waals surface area contributed by atoms with E-state index in [0.29, 0.717) is 5.69 Å². The fourth-order valence-electron chi connectivity index (χ4n) is 2.17. The number of aromatic nitrogens is 2. The van der Waals surface area contributed by atoms with Crippen LogP contribution in [0.2, 0.25) is 0 Å². The van der Waals surface area contributed by atoms with Crippen LogP contribution in [0.1, 0.15) is 39.2 Å². The summed E-state index contributed by atoms with van der Waals surface area (Å²) < 4.78 is 1.79. The minimum Gasteiger partial charge on any atom is -0.392 e. The number of rotatable bonds is 3. The van der Waals surface area contributed by atoms with Crippen molar-refractivity contribution in [1.82, 2.24) is 9.78 Å². The van der Waals surface area contributed by atoms with Gasteiger partial charge in [0.05, 0.1) is 23.9 Å². The van der Waals surface area contributed by atoms with Gasteiger partial charge in [0, 0.05) is 12.2 Å². The number of anilines is 1. The van der Waals surface area contributed by atoms with Crippen molar-refractivity contribution in [3.05, 3.63) is 12.4 Å². The van der Waals surface area contributed by atoms with Crippen LogP contribution in [0, 0.1) is 5.92 Å². The molecular weight excluding hydrogens is 218 g/mol. The van der Waals surface area contributed by atoms with Gasteiger partial charge in [-0.15, -0.1) is 0 Å². The maximum Gasteiger partial charge on any atom is 0.230 e. The summed E-state index contributed by atoms with van der Waals surface area (Å²) in [6.07, 6.45) is 5.37. The molecule has 0 aliphatic heterocycles. The first-order valence-electron chi connectivity index (χ1n) is 6.11. The zero-order valence-electron chi connectivity index (χ0n) is 10.3. The molecule has 1 saturated carbocycles. The van der Waals surface area contributed by atoms with Crippen molar-refractivity contribution < 1.29 is 9.90 Å². The van der Waals surface area contributed by atoms with Gasteiger partial charge in [0.2, 0.25) is 5.91 Å². The summed E-state index contributed by atoms with van der Waals surface area (Å²) in [4.78, 5) is 11.9.